The minimum Gasteiger partial charge on any atom is -0.326 e. The fraction of sp³-hybridized carbons (Fsp3) is 0.833. The van der Waals surface area contributed by atoms with Gasteiger partial charge in [-0.2, -0.15) is 0 Å². The largest absolute Gasteiger partial charge is 0.326 e. The lowest BCUT2D eigenvalue weighted by Gasteiger charge is -2.40. The SMILES string of the molecule is C=C(C)CC(N)C(C)(C)N1CCCC1. The molecule has 0 amide bonds. The standard InChI is InChI=1S/C12H24N2/c1-10(2)9-11(13)12(3,4)14-7-5-6-8-14/h11H,1,5-9,13H2,2-4H3. The number of likely N-dealkylation sites (tertiary alicyclic amines) is 1. The predicted octanol–water partition coefficient (Wildman–Crippen LogP) is 2.15. The first-order valence-corrected chi connectivity index (χ1v) is 5.59. The van der Waals surface area contributed by atoms with Crippen molar-refractivity contribution >= 4 is 0 Å². The van der Waals surface area contributed by atoms with Gasteiger partial charge in [-0.05, 0) is 53.1 Å². The van der Waals surface area contributed by atoms with Gasteiger partial charge < -0.3 is 5.73 Å². The molecule has 0 aromatic heterocycles. The molecule has 0 bridgehead atoms. The lowest BCUT2D eigenvalue weighted by Crippen LogP contribution is -2.55. The Kier molecular flexibility index (Phi) is 3.73. The van der Waals surface area contributed by atoms with Crippen LogP contribution in [0.25, 0.3) is 0 Å². The van der Waals surface area contributed by atoms with Crippen molar-refractivity contribution in [1.82, 2.24) is 4.90 Å². The smallest absolute Gasteiger partial charge is 0.0307 e. The molecule has 1 heterocycles. The summed E-state index contributed by atoms with van der Waals surface area (Å²) in [5.74, 6) is 0. The molecule has 1 rings (SSSR count). The van der Waals surface area contributed by atoms with Crippen LogP contribution in [0.5, 0.6) is 0 Å². The molecule has 2 N–H and O–H groups in total. The normalized spacial score (nSPS) is 21.1. The Morgan fingerprint density at radius 2 is 1.93 bits per heavy atom. The van der Waals surface area contributed by atoms with Crippen LogP contribution in [-0.2, 0) is 0 Å². The van der Waals surface area contributed by atoms with Crippen LogP contribution in [0.1, 0.15) is 40.0 Å². The summed E-state index contributed by atoms with van der Waals surface area (Å²) in [6, 6.07) is 0.207. The first kappa shape index (κ1) is 11.7. The highest BCUT2D eigenvalue weighted by Crippen LogP contribution is 2.25. The van der Waals surface area contributed by atoms with Crippen molar-refractivity contribution in [2.75, 3.05) is 13.1 Å². The van der Waals surface area contributed by atoms with Crippen LogP contribution in [0.4, 0.5) is 0 Å². The highest BCUT2D eigenvalue weighted by molar-refractivity contribution is 5.01. The van der Waals surface area contributed by atoms with Crippen molar-refractivity contribution in [2.45, 2.75) is 51.6 Å². The first-order valence-electron chi connectivity index (χ1n) is 5.59. The first-order chi connectivity index (χ1) is 6.44. The van der Waals surface area contributed by atoms with Crippen molar-refractivity contribution < 1.29 is 0 Å². The fourth-order valence-corrected chi connectivity index (χ4v) is 2.15. The number of nitrogens with zero attached hydrogens (tertiary/aromatic N) is 1. The van der Waals surface area contributed by atoms with E-state index < -0.39 is 0 Å². The molecule has 2 heteroatoms. The van der Waals surface area contributed by atoms with E-state index in [1.165, 1.54) is 31.5 Å². The molecule has 14 heavy (non-hydrogen) atoms. The maximum atomic E-state index is 6.23. The highest BCUT2D eigenvalue weighted by Gasteiger charge is 2.34. The Morgan fingerprint density at radius 1 is 1.43 bits per heavy atom. The molecule has 0 spiro atoms. The molecule has 0 aliphatic carbocycles. The molecule has 82 valence electrons. The van der Waals surface area contributed by atoms with Gasteiger partial charge in [0, 0.05) is 11.6 Å². The van der Waals surface area contributed by atoms with E-state index in [4.69, 9.17) is 5.73 Å². The Labute approximate surface area is 88.2 Å². The molecule has 0 aromatic rings. The highest BCUT2D eigenvalue weighted by atomic mass is 15.2. The average molecular weight is 196 g/mol. The second-order valence-electron chi connectivity index (χ2n) is 5.12. The van der Waals surface area contributed by atoms with E-state index in [1.807, 2.05) is 0 Å². The van der Waals surface area contributed by atoms with E-state index in [0.29, 0.717) is 0 Å². The van der Waals surface area contributed by atoms with Crippen LogP contribution in [0, 0.1) is 0 Å². The molecule has 0 aromatic carbocycles. The van der Waals surface area contributed by atoms with E-state index in [1.54, 1.807) is 0 Å². The molecule has 0 saturated carbocycles. The zero-order chi connectivity index (χ0) is 10.8. The Bertz CT molecular complexity index is 202. The van der Waals surface area contributed by atoms with Gasteiger partial charge in [-0.3, -0.25) is 4.90 Å². The summed E-state index contributed by atoms with van der Waals surface area (Å²) in [7, 11) is 0. The summed E-state index contributed by atoms with van der Waals surface area (Å²) < 4.78 is 0. The Morgan fingerprint density at radius 3 is 2.36 bits per heavy atom. The minimum atomic E-state index is 0.120. The second-order valence-corrected chi connectivity index (χ2v) is 5.12. The topological polar surface area (TPSA) is 29.3 Å². The Balaban J connectivity index is 2.57. The Hall–Kier alpha value is -0.340. The van der Waals surface area contributed by atoms with E-state index in [-0.39, 0.29) is 11.6 Å². The third-order valence-corrected chi connectivity index (χ3v) is 3.40. The quantitative estimate of drug-likeness (QED) is 0.698. The van der Waals surface area contributed by atoms with Gasteiger partial charge in [0.05, 0.1) is 0 Å². The molecule has 0 radical (unpaired) electrons. The maximum absolute atomic E-state index is 6.23. The monoisotopic (exact) mass is 196 g/mol. The van der Waals surface area contributed by atoms with E-state index in [9.17, 15) is 0 Å². The average Bonchev–Trinajstić information content (AvgIpc) is 2.54. The van der Waals surface area contributed by atoms with Gasteiger partial charge in [0.25, 0.3) is 0 Å². The number of rotatable bonds is 4. The lowest BCUT2D eigenvalue weighted by atomic mass is 9.89. The fourth-order valence-electron chi connectivity index (χ4n) is 2.15. The number of nitrogens with two attached hydrogens (primary N) is 1. The third-order valence-electron chi connectivity index (χ3n) is 3.40. The van der Waals surface area contributed by atoms with Crippen LogP contribution < -0.4 is 5.73 Å². The number of hydrogen-bond acceptors (Lipinski definition) is 2. The zero-order valence-electron chi connectivity index (χ0n) is 9.84. The van der Waals surface area contributed by atoms with Gasteiger partial charge in [0.15, 0.2) is 0 Å². The summed E-state index contributed by atoms with van der Waals surface area (Å²) in [5, 5.41) is 0. The summed E-state index contributed by atoms with van der Waals surface area (Å²) in [4.78, 5) is 2.51. The van der Waals surface area contributed by atoms with Crippen LogP contribution in [-0.4, -0.2) is 29.6 Å². The summed E-state index contributed by atoms with van der Waals surface area (Å²) in [5.41, 5.74) is 7.54. The number of hydrogen-bond donors (Lipinski definition) is 1. The van der Waals surface area contributed by atoms with Crippen molar-refractivity contribution in [2.24, 2.45) is 5.73 Å². The van der Waals surface area contributed by atoms with Crippen molar-refractivity contribution in [3.63, 3.8) is 0 Å². The molecule has 1 saturated heterocycles. The zero-order valence-corrected chi connectivity index (χ0v) is 9.84. The van der Waals surface area contributed by atoms with E-state index in [2.05, 4.69) is 32.3 Å². The van der Waals surface area contributed by atoms with Gasteiger partial charge in [-0.25, -0.2) is 0 Å². The molecular formula is C12H24N2. The third kappa shape index (κ3) is 2.58. The van der Waals surface area contributed by atoms with Crippen LogP contribution >= 0.6 is 0 Å². The van der Waals surface area contributed by atoms with Gasteiger partial charge in [0.1, 0.15) is 0 Å². The van der Waals surface area contributed by atoms with Crippen LogP contribution in [0.2, 0.25) is 0 Å². The van der Waals surface area contributed by atoms with Crippen molar-refractivity contribution in [3.05, 3.63) is 12.2 Å². The summed E-state index contributed by atoms with van der Waals surface area (Å²) in [6.45, 7) is 12.9. The molecule has 1 atom stereocenters. The minimum absolute atomic E-state index is 0.120. The summed E-state index contributed by atoms with van der Waals surface area (Å²) >= 11 is 0. The van der Waals surface area contributed by atoms with Gasteiger partial charge in [-0.1, -0.05) is 5.57 Å². The maximum Gasteiger partial charge on any atom is 0.0307 e. The lowest BCUT2D eigenvalue weighted by molar-refractivity contribution is 0.123. The molecule has 1 unspecified atom stereocenters. The molecule has 1 aliphatic rings. The van der Waals surface area contributed by atoms with Crippen LogP contribution in [0.15, 0.2) is 12.2 Å². The predicted molar refractivity (Wildman–Crippen MR) is 62.3 cm³/mol. The summed E-state index contributed by atoms with van der Waals surface area (Å²) in [6.07, 6.45) is 3.58. The van der Waals surface area contributed by atoms with Gasteiger partial charge in [0.2, 0.25) is 0 Å². The second kappa shape index (κ2) is 4.45. The molecule has 2 nitrogen and oxygen atoms in total. The van der Waals surface area contributed by atoms with Gasteiger partial charge in [-0.15, -0.1) is 6.58 Å². The van der Waals surface area contributed by atoms with Gasteiger partial charge >= 0.3 is 0 Å². The van der Waals surface area contributed by atoms with Crippen molar-refractivity contribution in [1.29, 1.82) is 0 Å². The molecule has 1 aliphatic heterocycles. The van der Waals surface area contributed by atoms with E-state index in [0.717, 1.165) is 6.42 Å². The van der Waals surface area contributed by atoms with E-state index >= 15 is 0 Å². The molecular weight excluding hydrogens is 172 g/mol. The van der Waals surface area contributed by atoms with Crippen LogP contribution in [0.3, 0.4) is 0 Å². The van der Waals surface area contributed by atoms with Crippen molar-refractivity contribution in [3.8, 4) is 0 Å². The molecule has 1 fully saturated rings.